The van der Waals surface area contributed by atoms with Gasteiger partial charge < -0.3 is 5.11 Å². The second kappa shape index (κ2) is 4.50. The van der Waals surface area contributed by atoms with E-state index in [1.165, 1.54) is 0 Å². The molecule has 0 aromatic carbocycles. The first kappa shape index (κ1) is 8.63. The molecule has 0 aliphatic carbocycles. The summed E-state index contributed by atoms with van der Waals surface area (Å²) in [7, 11) is 0. The van der Waals surface area contributed by atoms with Crippen LogP contribution in [0.1, 0.15) is 27.2 Å². The summed E-state index contributed by atoms with van der Waals surface area (Å²) in [5, 5.41) is 9.00. The quantitative estimate of drug-likeness (QED) is 0.571. The van der Waals surface area contributed by atoms with Crippen LogP contribution in [0, 0.1) is 0 Å². The fourth-order valence-corrected chi connectivity index (χ4v) is 0.417. The molecule has 2 heteroatoms. The second-order valence-corrected chi connectivity index (χ2v) is 2.35. The van der Waals surface area contributed by atoms with Crippen LogP contribution in [-0.2, 0) is 0 Å². The smallest absolute Gasteiger partial charge is 0.0732 e. The first-order valence-corrected chi connectivity index (χ1v) is 3.32. The number of hydrogen-bond acceptors (Lipinski definition) is 2. The Balaban J connectivity index is 3.37. The summed E-state index contributed by atoms with van der Waals surface area (Å²) in [5.74, 6) is 0. The van der Waals surface area contributed by atoms with Crippen molar-refractivity contribution in [2.45, 2.75) is 33.3 Å². The minimum absolute atomic E-state index is 0.250. The lowest BCUT2D eigenvalue weighted by atomic mass is 10.3. The molecule has 9 heavy (non-hydrogen) atoms. The van der Waals surface area contributed by atoms with Crippen LogP contribution < -0.4 is 0 Å². The minimum Gasteiger partial charge on any atom is -0.391 e. The standard InChI is InChI=1S/C7H15NO/c1-4-7(9)5-8-6(2)3/h7,9H,4-5H2,1-3H3. The predicted molar refractivity (Wildman–Crippen MR) is 39.9 cm³/mol. The van der Waals surface area contributed by atoms with E-state index in [0.29, 0.717) is 6.54 Å². The maximum Gasteiger partial charge on any atom is 0.0732 e. The van der Waals surface area contributed by atoms with E-state index in [-0.39, 0.29) is 6.10 Å². The molecule has 1 N–H and O–H groups in total. The van der Waals surface area contributed by atoms with E-state index in [1.54, 1.807) is 0 Å². The largest absolute Gasteiger partial charge is 0.391 e. The van der Waals surface area contributed by atoms with Crippen molar-refractivity contribution in [1.29, 1.82) is 0 Å². The zero-order valence-corrected chi connectivity index (χ0v) is 6.39. The maximum atomic E-state index is 9.00. The van der Waals surface area contributed by atoms with E-state index in [9.17, 15) is 0 Å². The van der Waals surface area contributed by atoms with Gasteiger partial charge in [0.2, 0.25) is 0 Å². The summed E-state index contributed by atoms with van der Waals surface area (Å²) in [6, 6.07) is 0. The van der Waals surface area contributed by atoms with Gasteiger partial charge >= 0.3 is 0 Å². The van der Waals surface area contributed by atoms with E-state index >= 15 is 0 Å². The third-order valence-corrected chi connectivity index (χ3v) is 1.09. The zero-order chi connectivity index (χ0) is 7.28. The normalized spacial score (nSPS) is 12.9. The van der Waals surface area contributed by atoms with E-state index in [4.69, 9.17) is 5.11 Å². The minimum atomic E-state index is -0.250. The van der Waals surface area contributed by atoms with Gasteiger partial charge in [0.15, 0.2) is 0 Å². The van der Waals surface area contributed by atoms with Gasteiger partial charge in [0.25, 0.3) is 0 Å². The molecule has 1 unspecified atom stereocenters. The van der Waals surface area contributed by atoms with Crippen molar-refractivity contribution in [2.75, 3.05) is 6.54 Å². The molecule has 0 rings (SSSR count). The molecule has 2 nitrogen and oxygen atoms in total. The lowest BCUT2D eigenvalue weighted by Crippen LogP contribution is -2.09. The lowest BCUT2D eigenvalue weighted by Gasteiger charge is -2.01. The third-order valence-electron chi connectivity index (χ3n) is 1.09. The topological polar surface area (TPSA) is 32.6 Å². The first-order valence-electron chi connectivity index (χ1n) is 3.32. The number of aliphatic hydroxyl groups is 1. The van der Waals surface area contributed by atoms with Crippen molar-refractivity contribution in [1.82, 2.24) is 0 Å². The van der Waals surface area contributed by atoms with Gasteiger partial charge in [0, 0.05) is 5.71 Å². The van der Waals surface area contributed by atoms with Crippen LogP contribution in [0.2, 0.25) is 0 Å². The van der Waals surface area contributed by atoms with Crippen molar-refractivity contribution >= 4 is 5.71 Å². The van der Waals surface area contributed by atoms with Crippen LogP contribution >= 0.6 is 0 Å². The van der Waals surface area contributed by atoms with Gasteiger partial charge in [-0.15, -0.1) is 0 Å². The lowest BCUT2D eigenvalue weighted by molar-refractivity contribution is 0.179. The van der Waals surface area contributed by atoms with Gasteiger partial charge in [0.1, 0.15) is 0 Å². The molecule has 0 bridgehead atoms. The van der Waals surface area contributed by atoms with Crippen molar-refractivity contribution in [3.63, 3.8) is 0 Å². The Morgan fingerprint density at radius 3 is 2.44 bits per heavy atom. The van der Waals surface area contributed by atoms with Gasteiger partial charge in [-0.05, 0) is 20.3 Å². The Morgan fingerprint density at radius 2 is 2.11 bits per heavy atom. The molecule has 0 aliphatic rings. The number of hydrogen-bond donors (Lipinski definition) is 1. The number of rotatable bonds is 3. The molecule has 0 amide bonds. The van der Waals surface area contributed by atoms with Crippen LogP contribution in [0.3, 0.4) is 0 Å². The average molecular weight is 129 g/mol. The molecule has 0 saturated carbocycles. The monoisotopic (exact) mass is 129 g/mol. The molecule has 54 valence electrons. The van der Waals surface area contributed by atoms with Crippen molar-refractivity contribution in [3.05, 3.63) is 0 Å². The fourth-order valence-electron chi connectivity index (χ4n) is 0.417. The van der Waals surface area contributed by atoms with E-state index in [1.807, 2.05) is 20.8 Å². The SMILES string of the molecule is CCC(O)CN=C(C)C. The van der Waals surface area contributed by atoms with Crippen LogP contribution in [0.4, 0.5) is 0 Å². The molecule has 0 saturated heterocycles. The Kier molecular flexibility index (Phi) is 4.32. The molecule has 0 aliphatic heterocycles. The van der Waals surface area contributed by atoms with Gasteiger partial charge in [-0.2, -0.15) is 0 Å². The molecule has 0 heterocycles. The van der Waals surface area contributed by atoms with Crippen molar-refractivity contribution in [3.8, 4) is 0 Å². The van der Waals surface area contributed by atoms with Crippen molar-refractivity contribution in [2.24, 2.45) is 4.99 Å². The van der Waals surface area contributed by atoms with E-state index in [0.717, 1.165) is 12.1 Å². The van der Waals surface area contributed by atoms with Crippen LogP contribution in [-0.4, -0.2) is 23.5 Å². The number of nitrogens with zero attached hydrogens (tertiary/aromatic N) is 1. The fraction of sp³-hybridized carbons (Fsp3) is 0.857. The Labute approximate surface area is 56.6 Å². The molecular formula is C7H15NO. The van der Waals surface area contributed by atoms with Crippen molar-refractivity contribution < 1.29 is 5.11 Å². The van der Waals surface area contributed by atoms with Gasteiger partial charge in [-0.1, -0.05) is 6.92 Å². The van der Waals surface area contributed by atoms with Crippen LogP contribution in [0.5, 0.6) is 0 Å². The van der Waals surface area contributed by atoms with E-state index in [2.05, 4.69) is 4.99 Å². The zero-order valence-electron chi connectivity index (χ0n) is 6.39. The summed E-state index contributed by atoms with van der Waals surface area (Å²) in [6.07, 6.45) is 0.538. The Morgan fingerprint density at radius 1 is 1.56 bits per heavy atom. The molecule has 0 aromatic rings. The molecular weight excluding hydrogens is 114 g/mol. The van der Waals surface area contributed by atoms with Crippen LogP contribution in [0.25, 0.3) is 0 Å². The number of aliphatic hydroxyl groups excluding tert-OH is 1. The van der Waals surface area contributed by atoms with Gasteiger partial charge in [-0.3, -0.25) is 4.99 Å². The first-order chi connectivity index (χ1) is 4.16. The summed E-state index contributed by atoms with van der Waals surface area (Å²) in [5.41, 5.74) is 1.03. The highest BCUT2D eigenvalue weighted by atomic mass is 16.3. The second-order valence-electron chi connectivity index (χ2n) is 2.35. The third kappa shape index (κ3) is 5.50. The summed E-state index contributed by atoms with van der Waals surface area (Å²) in [6.45, 7) is 6.37. The summed E-state index contributed by atoms with van der Waals surface area (Å²) >= 11 is 0. The maximum absolute atomic E-state index is 9.00. The summed E-state index contributed by atoms with van der Waals surface area (Å²) < 4.78 is 0. The highest BCUT2D eigenvalue weighted by Crippen LogP contribution is 1.90. The molecule has 0 radical (unpaired) electrons. The van der Waals surface area contributed by atoms with Crippen LogP contribution in [0.15, 0.2) is 4.99 Å². The molecule has 1 atom stereocenters. The van der Waals surface area contributed by atoms with E-state index < -0.39 is 0 Å². The Bertz CT molecular complexity index is 95.1. The summed E-state index contributed by atoms with van der Waals surface area (Å²) in [4.78, 5) is 4.06. The average Bonchev–Trinajstić information content (AvgIpc) is 1.83. The number of aliphatic imine (C=N–C) groups is 1. The molecule has 0 spiro atoms. The molecule has 0 aromatic heterocycles. The predicted octanol–water partition coefficient (Wildman–Crippen LogP) is 1.24. The highest BCUT2D eigenvalue weighted by Gasteiger charge is 1.95. The van der Waals surface area contributed by atoms with Gasteiger partial charge in [-0.25, -0.2) is 0 Å². The highest BCUT2D eigenvalue weighted by molar-refractivity contribution is 5.79. The van der Waals surface area contributed by atoms with Gasteiger partial charge in [0.05, 0.1) is 12.6 Å². The molecule has 0 fully saturated rings. The Hall–Kier alpha value is -0.370.